The number of nitrogens with zero attached hydrogens (tertiary/aromatic N) is 7. The number of amides is 2. The molecule has 2 aliphatic rings. The number of fused-ring (bicyclic) bond motifs is 3. The highest BCUT2D eigenvalue weighted by molar-refractivity contribution is 5.95. The van der Waals surface area contributed by atoms with Crippen molar-refractivity contribution in [3.63, 3.8) is 0 Å². The molecule has 6 aromatic rings. The average Bonchev–Trinajstić information content (AvgIpc) is 3.89. The number of rotatable bonds is 5. The molecule has 0 fully saturated rings. The summed E-state index contributed by atoms with van der Waals surface area (Å²) in [7, 11) is 0. The number of carbonyl (C=O) groups is 2. The maximum absolute atomic E-state index is 11.5. The largest absolute Gasteiger partial charge is 0.383 e. The van der Waals surface area contributed by atoms with Crippen molar-refractivity contribution < 1.29 is 9.59 Å². The molecule has 1 aliphatic carbocycles. The molecule has 4 N–H and O–H groups in total. The third-order valence-corrected chi connectivity index (χ3v) is 8.38. The number of aryl methyl sites for hydroxylation is 2. The molecule has 0 unspecified atom stereocenters. The van der Waals surface area contributed by atoms with Crippen LogP contribution in [0.3, 0.4) is 0 Å². The molecule has 0 bridgehead atoms. The Balaban J connectivity index is 0.000000179. The third-order valence-electron chi connectivity index (χ3n) is 8.38. The lowest BCUT2D eigenvalue weighted by Gasteiger charge is -2.12. The lowest BCUT2D eigenvalue weighted by Crippen LogP contribution is -2.23. The van der Waals surface area contributed by atoms with Gasteiger partial charge in [0.05, 0.1) is 5.56 Å². The topological polar surface area (TPSA) is 151 Å². The first kappa shape index (κ1) is 28.7. The molecule has 4 aromatic heterocycles. The number of imidazole rings is 1. The zero-order valence-corrected chi connectivity index (χ0v) is 25.0. The smallest absolute Gasteiger partial charge is 0.249 e. The fourth-order valence-electron chi connectivity index (χ4n) is 6.15. The number of primary amides is 1. The first-order valence-electron chi connectivity index (χ1n) is 15.0. The Morgan fingerprint density at radius 3 is 2.54 bits per heavy atom. The van der Waals surface area contributed by atoms with Crippen LogP contribution in [0.2, 0.25) is 0 Å². The highest BCUT2D eigenvalue weighted by Crippen LogP contribution is 2.33. The van der Waals surface area contributed by atoms with Gasteiger partial charge in [0.15, 0.2) is 17.3 Å². The Kier molecular flexibility index (Phi) is 7.33. The van der Waals surface area contributed by atoms with Crippen molar-refractivity contribution in [2.75, 3.05) is 5.73 Å². The summed E-state index contributed by atoms with van der Waals surface area (Å²) in [5.41, 5.74) is 20.0. The van der Waals surface area contributed by atoms with Crippen molar-refractivity contribution in [3.05, 3.63) is 126 Å². The lowest BCUT2D eigenvalue weighted by molar-refractivity contribution is -0.126. The molecule has 11 nitrogen and oxygen atoms in total. The van der Waals surface area contributed by atoms with Crippen molar-refractivity contribution >= 4 is 28.8 Å². The predicted molar refractivity (Wildman–Crippen MR) is 175 cm³/mol. The van der Waals surface area contributed by atoms with Crippen LogP contribution in [-0.2, 0) is 30.7 Å². The van der Waals surface area contributed by atoms with Gasteiger partial charge in [0, 0.05) is 42.9 Å². The molecule has 5 heterocycles. The Labute approximate surface area is 264 Å². The molecule has 46 heavy (non-hydrogen) atoms. The van der Waals surface area contributed by atoms with Crippen LogP contribution < -0.4 is 11.5 Å². The summed E-state index contributed by atoms with van der Waals surface area (Å²) < 4.78 is 3.83. The van der Waals surface area contributed by atoms with E-state index in [0.29, 0.717) is 24.5 Å². The maximum Gasteiger partial charge on any atom is 0.249 e. The van der Waals surface area contributed by atoms with E-state index in [-0.39, 0.29) is 5.91 Å². The highest BCUT2D eigenvalue weighted by Gasteiger charge is 2.25. The highest BCUT2D eigenvalue weighted by atomic mass is 16.2. The fraction of sp³-hybridized carbons (Fsp3) is 0.143. The number of hydrogen-bond acceptors (Lipinski definition) is 7. The molecule has 0 atom stereocenters. The van der Waals surface area contributed by atoms with Crippen LogP contribution in [0, 0.1) is 0 Å². The summed E-state index contributed by atoms with van der Waals surface area (Å²) in [5.74, 6) is 1.33. The molecule has 0 saturated heterocycles. The third kappa shape index (κ3) is 5.17. The SMILES string of the molecule is C=CC(=O)N1Cc2cccc(C(N)=O)c2C1.Nc1ncccc1-c1nc2ccc(-n3cccn3)nc2n1-c1ccc2c(c1)CCC2. The van der Waals surface area contributed by atoms with Gasteiger partial charge in [0.25, 0.3) is 0 Å². The van der Waals surface area contributed by atoms with Crippen molar-refractivity contribution in [1.82, 2.24) is 34.2 Å². The second-order valence-corrected chi connectivity index (χ2v) is 11.2. The van der Waals surface area contributed by atoms with Gasteiger partial charge in [-0.2, -0.15) is 5.10 Å². The van der Waals surface area contributed by atoms with Gasteiger partial charge in [-0.1, -0.05) is 24.8 Å². The monoisotopic (exact) mass is 609 g/mol. The molecule has 1 aliphatic heterocycles. The first-order chi connectivity index (χ1) is 22.4. The van der Waals surface area contributed by atoms with E-state index in [0.717, 1.165) is 58.0 Å². The van der Waals surface area contributed by atoms with Crippen LogP contribution in [0.1, 0.15) is 39.0 Å². The maximum atomic E-state index is 11.5. The van der Waals surface area contributed by atoms with Gasteiger partial charge < -0.3 is 16.4 Å². The molecule has 0 spiro atoms. The second kappa shape index (κ2) is 11.8. The summed E-state index contributed by atoms with van der Waals surface area (Å²) in [5, 5.41) is 4.32. The molecule has 228 valence electrons. The summed E-state index contributed by atoms with van der Waals surface area (Å²) in [6.07, 6.45) is 10.0. The van der Waals surface area contributed by atoms with Gasteiger partial charge in [0.2, 0.25) is 11.8 Å². The summed E-state index contributed by atoms with van der Waals surface area (Å²) in [6.45, 7) is 4.39. The fourth-order valence-corrected chi connectivity index (χ4v) is 6.15. The van der Waals surface area contributed by atoms with Crippen molar-refractivity contribution in [1.29, 1.82) is 0 Å². The van der Waals surface area contributed by atoms with Gasteiger partial charge in [-0.3, -0.25) is 14.2 Å². The van der Waals surface area contributed by atoms with E-state index < -0.39 is 5.91 Å². The van der Waals surface area contributed by atoms with Crippen molar-refractivity contribution in [2.45, 2.75) is 32.4 Å². The second-order valence-electron chi connectivity index (χ2n) is 11.2. The van der Waals surface area contributed by atoms with Crippen LogP contribution >= 0.6 is 0 Å². The van der Waals surface area contributed by atoms with Crippen LogP contribution in [0.15, 0.2) is 98.0 Å². The molecule has 0 saturated carbocycles. The number of nitrogen functional groups attached to an aromatic ring is 1. The number of pyridine rings is 2. The zero-order chi connectivity index (χ0) is 31.8. The quantitative estimate of drug-likeness (QED) is 0.272. The Bertz CT molecular complexity index is 2130. The van der Waals surface area contributed by atoms with Crippen LogP contribution in [0.5, 0.6) is 0 Å². The minimum absolute atomic E-state index is 0.133. The predicted octanol–water partition coefficient (Wildman–Crippen LogP) is 4.55. The summed E-state index contributed by atoms with van der Waals surface area (Å²) in [4.78, 5) is 38.3. The number of carbonyl (C=O) groups excluding carboxylic acids is 2. The molecule has 2 amide bonds. The number of aromatic nitrogens is 6. The van der Waals surface area contributed by atoms with E-state index in [2.05, 4.69) is 39.4 Å². The number of nitrogens with two attached hydrogens (primary N) is 2. The molecule has 11 heteroatoms. The summed E-state index contributed by atoms with van der Waals surface area (Å²) >= 11 is 0. The van der Waals surface area contributed by atoms with E-state index in [1.807, 2.05) is 42.6 Å². The Hall–Kier alpha value is -6.10. The minimum Gasteiger partial charge on any atom is -0.383 e. The van der Waals surface area contributed by atoms with Crippen LogP contribution in [0.25, 0.3) is 34.1 Å². The minimum atomic E-state index is -0.454. The van der Waals surface area contributed by atoms with Crippen molar-refractivity contribution in [2.24, 2.45) is 5.73 Å². The molecule has 0 radical (unpaired) electrons. The Morgan fingerprint density at radius 1 is 0.891 bits per heavy atom. The van der Waals surface area contributed by atoms with Gasteiger partial charge in [0.1, 0.15) is 11.3 Å². The standard InChI is InChI=1S/C23H19N7.C12H12N2O2/c24-21-18(6-2-11-25-21)22-27-19-9-10-20(29-13-3-12-26-29)28-23(19)30(22)17-8-7-15-4-1-5-16(15)14-17;1-2-11(15)14-6-8-4-3-5-9(12(13)16)10(8)7-14/h2-3,6-14H,1,4-5H2,(H2,24,25);2-5H,1,6-7H2,(H2,13,16). The van der Waals surface area contributed by atoms with E-state index in [1.54, 1.807) is 34.1 Å². The summed E-state index contributed by atoms with van der Waals surface area (Å²) in [6, 6.07) is 21.6. The number of anilines is 1. The molecule has 2 aromatic carbocycles. The van der Waals surface area contributed by atoms with E-state index in [9.17, 15) is 9.59 Å². The van der Waals surface area contributed by atoms with Crippen LogP contribution in [-0.4, -0.2) is 46.0 Å². The molecule has 8 rings (SSSR count). The molecular weight excluding hydrogens is 578 g/mol. The van der Waals surface area contributed by atoms with E-state index in [1.165, 1.54) is 23.6 Å². The lowest BCUT2D eigenvalue weighted by atomic mass is 10.0. The zero-order valence-electron chi connectivity index (χ0n) is 25.0. The number of hydrogen-bond donors (Lipinski definition) is 2. The van der Waals surface area contributed by atoms with Gasteiger partial charge in [-0.25, -0.2) is 19.6 Å². The van der Waals surface area contributed by atoms with E-state index in [4.69, 9.17) is 21.4 Å². The number of benzene rings is 2. The van der Waals surface area contributed by atoms with Crippen LogP contribution in [0.4, 0.5) is 5.82 Å². The van der Waals surface area contributed by atoms with Gasteiger partial charge >= 0.3 is 0 Å². The van der Waals surface area contributed by atoms with Gasteiger partial charge in [-0.05, 0) is 96.1 Å². The first-order valence-corrected chi connectivity index (χ1v) is 15.0. The van der Waals surface area contributed by atoms with Crippen molar-refractivity contribution in [3.8, 4) is 22.9 Å². The molecular formula is C35H31N9O2. The normalized spacial score (nSPS) is 13.2. The average molecular weight is 610 g/mol. The Morgan fingerprint density at radius 2 is 1.76 bits per heavy atom. The van der Waals surface area contributed by atoms with Gasteiger partial charge in [-0.15, -0.1) is 0 Å². The van der Waals surface area contributed by atoms with E-state index >= 15 is 0 Å².